The average Bonchev–Trinajstić information content (AvgIpc) is 0.819. The van der Waals surface area contributed by atoms with E-state index >= 15 is 0 Å². The van der Waals surface area contributed by atoms with Gasteiger partial charge in [-0.15, -0.1) is 0 Å². The van der Waals surface area contributed by atoms with Gasteiger partial charge in [-0.05, 0) is 193 Å². The molecule has 0 spiro atoms. The van der Waals surface area contributed by atoms with Gasteiger partial charge in [0.2, 0.25) is 0 Å². The maximum Gasteiger partial charge on any atom is 0.416 e. The molecule has 0 N–H and O–H groups in total. The first-order valence-electron chi connectivity index (χ1n) is 36.5. The number of hydrogen-bond acceptors (Lipinski definition) is 0. The molecule has 0 fully saturated rings. The number of rotatable bonds is 17. The molecule has 0 saturated carbocycles. The van der Waals surface area contributed by atoms with Crippen molar-refractivity contribution >= 4 is 54.5 Å². The second-order valence-electron chi connectivity index (χ2n) is 25.9. The number of benzene rings is 15. The third-order valence-corrected chi connectivity index (χ3v) is 28.2. The van der Waals surface area contributed by atoms with Gasteiger partial charge in [-0.1, -0.05) is 200 Å². The summed E-state index contributed by atoms with van der Waals surface area (Å²) in [7, 11) is -3.02. The summed E-state index contributed by atoms with van der Waals surface area (Å²) in [6.07, 6.45) is -23.6. The maximum absolute atomic E-state index is 13.6. The fourth-order valence-corrected chi connectivity index (χ4v) is 22.9. The van der Waals surface area contributed by atoms with E-state index < -0.39 is 115 Å². The zero-order valence-electron chi connectivity index (χ0n) is 62.6. The molecule has 15 rings (SSSR count). The van der Waals surface area contributed by atoms with E-state index in [0.29, 0.717) is 30.7 Å². The molecule has 0 unspecified atom stereocenters. The summed E-state index contributed by atoms with van der Waals surface area (Å²) in [5.41, 5.74) is -1.69. The van der Waals surface area contributed by atoms with Gasteiger partial charge in [0.15, 0.2) is 73.4 Å². The van der Waals surface area contributed by atoms with E-state index in [0.717, 1.165) is 84.2 Å². The first kappa shape index (κ1) is 88.7. The molecule has 0 bridgehead atoms. The van der Waals surface area contributed by atoms with E-state index in [9.17, 15) is 74.6 Å². The van der Waals surface area contributed by atoms with E-state index in [1.807, 2.05) is 237 Å². The lowest BCUT2D eigenvalue weighted by Crippen LogP contribution is -2.12. The quantitative estimate of drug-likeness (QED) is 0.0630. The Morgan fingerprint density at radius 1 is 0.160 bits per heavy atom. The van der Waals surface area contributed by atoms with Gasteiger partial charge in [-0.25, -0.2) is 8.78 Å². The molecule has 0 aliphatic rings. The minimum absolute atomic E-state index is 0.280. The molecule has 0 aliphatic carbocycles. The van der Waals surface area contributed by atoms with Crippen LogP contribution in [0.4, 0.5) is 74.6 Å². The standard InChI is InChI=1S/C20H13F6S.2C20H16F3S.C19H14F3S.C18H13F2S/c21-19(22,23)14-6-4-10-17(12-14)27(16-8-2-1-3-9-16)18-11-5-7-15(13-18)20(24,25)26;2*21-20(22,23)15-16-8-7-13-19(14-16)24(17-9-3-1-4-10-17)18-11-5-2-6-12-18;20-19(21,22)15-8-7-13-18(14-15)23(16-9-3-1-4-10-16)17-11-5-2-6-12-17;19-14-6-4-10-17(12-14)21(16-8-2-1-3-9-16)18-11-5-7-15(20)13-18/h1-13H;2*1-14H,15H2;1-14H;1-13H/q5*+1. The van der Waals surface area contributed by atoms with Crippen LogP contribution in [-0.4, -0.2) is 12.4 Å². The van der Waals surface area contributed by atoms with Crippen LogP contribution in [0.5, 0.6) is 0 Å². The Bertz CT molecular complexity index is 5250. The largest absolute Gasteiger partial charge is 0.416 e. The Morgan fingerprint density at radius 2 is 0.319 bits per heavy atom. The van der Waals surface area contributed by atoms with Crippen molar-refractivity contribution < 1.29 is 74.6 Å². The highest BCUT2D eigenvalue weighted by atomic mass is 32.2. The van der Waals surface area contributed by atoms with Crippen molar-refractivity contribution in [1.29, 1.82) is 0 Å². The highest BCUT2D eigenvalue weighted by Crippen LogP contribution is 2.42. The third kappa shape index (κ3) is 26.4. The van der Waals surface area contributed by atoms with Crippen molar-refractivity contribution in [3.05, 3.63) is 452 Å². The summed E-state index contributed by atoms with van der Waals surface area (Å²) in [4.78, 5) is 12.8. The van der Waals surface area contributed by atoms with Crippen LogP contribution in [0.15, 0.2) is 486 Å². The summed E-state index contributed by atoms with van der Waals surface area (Å²) in [5.74, 6) is -0.560. The fraction of sp³-hybridized carbons (Fsp3) is 0.0722. The Morgan fingerprint density at radius 3 is 0.504 bits per heavy atom. The average molecular weight is 1720 g/mol. The zero-order valence-corrected chi connectivity index (χ0v) is 66.7. The minimum atomic E-state index is -4.53. The van der Waals surface area contributed by atoms with Crippen LogP contribution < -0.4 is 0 Å². The van der Waals surface area contributed by atoms with Crippen molar-refractivity contribution in [2.24, 2.45) is 0 Å². The van der Waals surface area contributed by atoms with Crippen molar-refractivity contribution in [2.45, 2.75) is 117 Å². The molecule has 0 atom stereocenters. The van der Waals surface area contributed by atoms with Crippen molar-refractivity contribution in [3.63, 3.8) is 0 Å². The van der Waals surface area contributed by atoms with Crippen LogP contribution in [0.1, 0.15) is 27.8 Å². The van der Waals surface area contributed by atoms with E-state index in [1.165, 1.54) is 72.8 Å². The van der Waals surface area contributed by atoms with Gasteiger partial charge >= 0.3 is 30.9 Å². The molecule has 0 amide bonds. The maximum atomic E-state index is 13.6. The first-order valence-corrected chi connectivity index (χ1v) is 42.6. The molecule has 604 valence electrons. The molecule has 0 aromatic heterocycles. The molecule has 0 radical (unpaired) electrons. The van der Waals surface area contributed by atoms with Gasteiger partial charge in [0.05, 0.1) is 84.0 Å². The van der Waals surface area contributed by atoms with Gasteiger partial charge in [0, 0.05) is 30.3 Å². The Hall–Kier alpha value is -11.1. The van der Waals surface area contributed by atoms with Gasteiger partial charge in [0.1, 0.15) is 11.6 Å². The lowest BCUT2D eigenvalue weighted by molar-refractivity contribution is -0.138. The molecule has 0 saturated heterocycles. The normalized spacial score (nSPS) is 11.7. The fourth-order valence-electron chi connectivity index (χ4n) is 12.1. The molecule has 0 heterocycles. The summed E-state index contributed by atoms with van der Waals surface area (Å²) < 4.78 is 221. The summed E-state index contributed by atoms with van der Waals surface area (Å²) in [5, 5.41) is 0. The van der Waals surface area contributed by atoms with Crippen LogP contribution in [0, 0.1) is 11.6 Å². The highest BCUT2D eigenvalue weighted by molar-refractivity contribution is 7.98. The third-order valence-electron chi connectivity index (χ3n) is 17.2. The van der Waals surface area contributed by atoms with Gasteiger partial charge < -0.3 is 0 Å². The molecule has 22 heteroatoms. The van der Waals surface area contributed by atoms with Crippen LogP contribution >= 0.6 is 0 Å². The molecule has 119 heavy (non-hydrogen) atoms. The number of hydrogen-bond donors (Lipinski definition) is 0. The van der Waals surface area contributed by atoms with E-state index in [4.69, 9.17) is 0 Å². The van der Waals surface area contributed by atoms with Gasteiger partial charge in [-0.3, -0.25) is 0 Å². The highest BCUT2D eigenvalue weighted by Gasteiger charge is 2.40. The molecule has 15 aromatic rings. The SMILES string of the molecule is FC(F)(F)Cc1cccc([S+](c2ccccc2)c2ccccc2)c1.FC(F)(F)Cc1cccc([S+](c2ccccc2)c2ccccc2)c1.FC(F)(F)c1cccc([S+](c2ccccc2)c2cccc(C(F)(F)F)c2)c1.FC(F)(F)c1cccc([S+](c2ccccc2)c2ccccc2)c1.Fc1cccc([S+](c2ccccc2)c2cccc(F)c2)c1. The zero-order chi connectivity index (χ0) is 84.6. The number of alkyl halides is 15. The smallest absolute Gasteiger partial charge is 0.207 e. The lowest BCUT2D eigenvalue weighted by atomic mass is 10.1. The lowest BCUT2D eigenvalue weighted by Gasteiger charge is -2.12. The van der Waals surface area contributed by atoms with Crippen LogP contribution in [0.3, 0.4) is 0 Å². The summed E-state index contributed by atoms with van der Waals surface area (Å²) in [6.45, 7) is 0. The second-order valence-corrected chi connectivity index (χ2v) is 36.0. The van der Waals surface area contributed by atoms with E-state index in [1.54, 1.807) is 72.8 Å². The van der Waals surface area contributed by atoms with E-state index in [-0.39, 0.29) is 11.6 Å². The molecular formula is C97H72F17S5+5. The monoisotopic (exact) mass is 1720 g/mol. The molecule has 15 aromatic carbocycles. The van der Waals surface area contributed by atoms with Gasteiger partial charge in [-0.2, -0.15) is 65.9 Å². The molecule has 0 aliphatic heterocycles. The van der Waals surface area contributed by atoms with Crippen LogP contribution in [0.25, 0.3) is 0 Å². The topological polar surface area (TPSA) is 0 Å². The van der Waals surface area contributed by atoms with Gasteiger partial charge in [0.25, 0.3) is 0 Å². The van der Waals surface area contributed by atoms with Crippen LogP contribution in [0.2, 0.25) is 0 Å². The minimum Gasteiger partial charge on any atom is -0.207 e. The Balaban J connectivity index is 0.000000146. The van der Waals surface area contributed by atoms with E-state index in [2.05, 4.69) is 0 Å². The molecule has 0 nitrogen and oxygen atoms in total. The summed E-state index contributed by atoms with van der Waals surface area (Å²) >= 11 is 0. The predicted octanol–water partition coefficient (Wildman–Crippen LogP) is 29.5. The Labute approximate surface area is 693 Å². The van der Waals surface area contributed by atoms with Crippen molar-refractivity contribution in [2.75, 3.05) is 0 Å². The number of halogens is 17. The summed E-state index contributed by atoms with van der Waals surface area (Å²) in [6, 6.07) is 119. The van der Waals surface area contributed by atoms with Crippen LogP contribution in [-0.2, 0) is 85.8 Å². The van der Waals surface area contributed by atoms with Crippen molar-refractivity contribution in [3.8, 4) is 0 Å². The Kier molecular flexibility index (Phi) is 30.9. The first-order chi connectivity index (χ1) is 57.0. The molecular weight excluding hydrogens is 1650 g/mol. The van der Waals surface area contributed by atoms with Crippen molar-refractivity contribution in [1.82, 2.24) is 0 Å². The predicted molar refractivity (Wildman–Crippen MR) is 442 cm³/mol. The second kappa shape index (κ2) is 41.5.